The van der Waals surface area contributed by atoms with E-state index in [4.69, 9.17) is 18.9 Å². The molecule has 13 heteroatoms. The van der Waals surface area contributed by atoms with Gasteiger partial charge in [0.2, 0.25) is 0 Å². The van der Waals surface area contributed by atoms with E-state index in [1.54, 1.807) is 0 Å². The summed E-state index contributed by atoms with van der Waals surface area (Å²) in [7, 11) is 0. The summed E-state index contributed by atoms with van der Waals surface area (Å²) in [5, 5.41) is 80.5. The summed E-state index contributed by atoms with van der Waals surface area (Å²) in [5.41, 5.74) is 0. The van der Waals surface area contributed by atoms with Crippen molar-refractivity contribution >= 4 is 5.97 Å². The highest BCUT2D eigenvalue weighted by molar-refractivity contribution is 5.69. The predicted molar refractivity (Wildman–Crippen MR) is 125 cm³/mol. The number of unbranched alkanes of at least 4 members (excludes halogenated alkanes) is 8. The molecule has 218 valence electrons. The summed E-state index contributed by atoms with van der Waals surface area (Å²) in [6.45, 7) is 0.293. The van der Waals surface area contributed by atoms with Gasteiger partial charge in [-0.15, -0.1) is 0 Å². The van der Waals surface area contributed by atoms with Crippen LogP contribution < -0.4 is 0 Å². The molecule has 0 amide bonds. The van der Waals surface area contributed by atoms with E-state index in [2.05, 4.69) is 6.92 Å². The molecule has 0 radical (unpaired) electrons. The van der Waals surface area contributed by atoms with E-state index in [-0.39, 0.29) is 6.42 Å². The van der Waals surface area contributed by atoms with Crippen molar-refractivity contribution in [1.29, 1.82) is 0 Å². The van der Waals surface area contributed by atoms with Crippen LogP contribution in [0.3, 0.4) is 0 Å². The van der Waals surface area contributed by atoms with Crippen LogP contribution in [0.25, 0.3) is 0 Å². The van der Waals surface area contributed by atoms with Crippen LogP contribution in [0.4, 0.5) is 0 Å². The van der Waals surface area contributed by atoms with Crippen molar-refractivity contribution in [3.05, 3.63) is 0 Å². The van der Waals surface area contributed by atoms with Gasteiger partial charge in [0.15, 0.2) is 18.7 Å². The molecule has 10 atom stereocenters. The number of rotatable bonds is 15. The Labute approximate surface area is 216 Å². The van der Waals surface area contributed by atoms with Crippen LogP contribution in [0.2, 0.25) is 0 Å². The summed E-state index contributed by atoms with van der Waals surface area (Å²) in [4.78, 5) is 12.5. The second-order valence-corrected chi connectivity index (χ2v) is 9.76. The van der Waals surface area contributed by atoms with Crippen LogP contribution in [0.5, 0.6) is 0 Å². The minimum Gasteiger partial charge on any atom is -0.427 e. The topological polar surface area (TPSA) is 216 Å². The SMILES string of the molecule is CCCCCCCCCCCC(=O)O[C@@]1(CO)O[C@H](O[C@H]2[C@H](O)[C@@H](O)[C@H](O)O[C@@H]2CO)[C@H](O)[C@H](O)[C@H]1O. The van der Waals surface area contributed by atoms with Crippen molar-refractivity contribution in [2.24, 2.45) is 0 Å². The van der Waals surface area contributed by atoms with Gasteiger partial charge in [0.25, 0.3) is 5.79 Å². The van der Waals surface area contributed by atoms with E-state index in [1.165, 1.54) is 25.7 Å². The molecule has 0 spiro atoms. The van der Waals surface area contributed by atoms with Crippen LogP contribution in [0.15, 0.2) is 0 Å². The highest BCUT2D eigenvalue weighted by Crippen LogP contribution is 2.34. The molecule has 2 aliphatic heterocycles. The minimum atomic E-state index is -2.49. The molecule has 2 rings (SSSR count). The molecule has 0 saturated carbocycles. The van der Waals surface area contributed by atoms with Crippen LogP contribution >= 0.6 is 0 Å². The zero-order valence-electron chi connectivity index (χ0n) is 21.3. The number of carbonyl (C=O) groups is 1. The van der Waals surface area contributed by atoms with Gasteiger partial charge in [-0.2, -0.15) is 0 Å². The lowest BCUT2D eigenvalue weighted by molar-refractivity contribution is -0.416. The van der Waals surface area contributed by atoms with E-state index in [0.717, 1.165) is 25.7 Å². The standard InChI is InChI=1S/C24H44O13/c1-2-3-4-5-6-7-8-9-10-11-15(27)36-24(13-26)21(32)17(29)19(31)23(37-24)35-20-14(12-25)34-22(33)18(30)16(20)28/h14,16-23,25-26,28-33H,2-13H2,1H3/t14-,16-,17+,18-,19-,20-,21-,22-,23+,24+/m1/s1. The van der Waals surface area contributed by atoms with Crippen molar-refractivity contribution in [3.63, 3.8) is 0 Å². The van der Waals surface area contributed by atoms with Gasteiger partial charge < -0.3 is 59.8 Å². The Balaban J connectivity index is 1.96. The number of carbonyl (C=O) groups excluding carboxylic acids is 1. The molecular formula is C24H44O13. The second-order valence-electron chi connectivity index (χ2n) is 9.76. The maximum absolute atomic E-state index is 12.5. The summed E-state index contributed by atoms with van der Waals surface area (Å²) in [6, 6.07) is 0. The molecule has 2 fully saturated rings. The van der Waals surface area contributed by atoms with Crippen LogP contribution in [0, 0.1) is 0 Å². The first-order valence-electron chi connectivity index (χ1n) is 13.1. The lowest BCUT2D eigenvalue weighted by atomic mass is 9.95. The third-order valence-electron chi connectivity index (χ3n) is 6.84. The molecule has 8 N–H and O–H groups in total. The molecule has 2 heterocycles. The van der Waals surface area contributed by atoms with Gasteiger partial charge in [0, 0.05) is 6.42 Å². The Morgan fingerprint density at radius 3 is 1.97 bits per heavy atom. The van der Waals surface area contributed by atoms with Gasteiger partial charge >= 0.3 is 5.97 Å². The maximum atomic E-state index is 12.5. The molecule has 2 saturated heterocycles. The van der Waals surface area contributed by atoms with Crippen molar-refractivity contribution in [2.45, 2.75) is 132 Å². The molecule has 0 bridgehead atoms. The van der Waals surface area contributed by atoms with Gasteiger partial charge in [0.05, 0.1) is 6.61 Å². The van der Waals surface area contributed by atoms with Gasteiger partial charge in [-0.25, -0.2) is 0 Å². The first-order valence-corrected chi connectivity index (χ1v) is 13.1. The highest BCUT2D eigenvalue weighted by Gasteiger charge is 2.58. The monoisotopic (exact) mass is 540 g/mol. The lowest BCUT2D eigenvalue weighted by Gasteiger charge is -2.48. The van der Waals surface area contributed by atoms with Crippen molar-refractivity contribution in [1.82, 2.24) is 0 Å². The third kappa shape index (κ3) is 8.51. The first kappa shape index (κ1) is 32.2. The first-order chi connectivity index (χ1) is 17.6. The normalized spacial score (nSPS) is 38.5. The number of hydrogen-bond donors (Lipinski definition) is 8. The van der Waals surface area contributed by atoms with E-state index in [0.29, 0.717) is 6.42 Å². The van der Waals surface area contributed by atoms with E-state index < -0.39 is 80.3 Å². The predicted octanol–water partition coefficient (Wildman–Crippen LogP) is -1.61. The third-order valence-corrected chi connectivity index (χ3v) is 6.84. The lowest BCUT2D eigenvalue weighted by Crippen LogP contribution is -2.69. The number of aliphatic hydroxyl groups excluding tert-OH is 8. The number of ether oxygens (including phenoxy) is 4. The van der Waals surface area contributed by atoms with Crippen LogP contribution in [-0.2, 0) is 23.7 Å². The summed E-state index contributed by atoms with van der Waals surface area (Å²) in [5.74, 6) is -3.31. The summed E-state index contributed by atoms with van der Waals surface area (Å²) >= 11 is 0. The molecule has 0 aromatic heterocycles. The fourth-order valence-electron chi connectivity index (χ4n) is 4.51. The van der Waals surface area contributed by atoms with E-state index in [9.17, 15) is 45.6 Å². The maximum Gasteiger partial charge on any atom is 0.308 e. The van der Waals surface area contributed by atoms with Gasteiger partial charge in [-0.1, -0.05) is 58.3 Å². The zero-order valence-corrected chi connectivity index (χ0v) is 21.3. The average Bonchev–Trinajstić information content (AvgIpc) is 2.89. The van der Waals surface area contributed by atoms with Crippen molar-refractivity contribution < 1.29 is 64.6 Å². The number of esters is 1. The van der Waals surface area contributed by atoms with Gasteiger partial charge in [-0.3, -0.25) is 4.79 Å². The zero-order chi connectivity index (χ0) is 27.6. The number of hydrogen-bond acceptors (Lipinski definition) is 13. The molecule has 0 unspecified atom stereocenters. The number of aliphatic hydroxyl groups is 8. The summed E-state index contributed by atoms with van der Waals surface area (Å²) < 4.78 is 21.1. The van der Waals surface area contributed by atoms with Gasteiger partial charge in [-0.05, 0) is 6.42 Å². The molecule has 0 aromatic carbocycles. The Morgan fingerprint density at radius 2 is 1.41 bits per heavy atom. The van der Waals surface area contributed by atoms with E-state index in [1.807, 2.05) is 0 Å². The van der Waals surface area contributed by atoms with E-state index >= 15 is 0 Å². The molecule has 13 nitrogen and oxygen atoms in total. The molecule has 2 aliphatic rings. The Morgan fingerprint density at radius 1 is 0.811 bits per heavy atom. The van der Waals surface area contributed by atoms with Crippen LogP contribution in [0.1, 0.15) is 71.1 Å². The smallest absolute Gasteiger partial charge is 0.308 e. The summed E-state index contributed by atoms with van der Waals surface area (Å²) in [6.07, 6.45) is -7.10. The Bertz CT molecular complexity index is 665. The fourth-order valence-corrected chi connectivity index (χ4v) is 4.51. The largest absolute Gasteiger partial charge is 0.427 e. The quantitative estimate of drug-likeness (QED) is 0.0868. The molecule has 0 aliphatic carbocycles. The van der Waals surface area contributed by atoms with Crippen molar-refractivity contribution in [2.75, 3.05) is 13.2 Å². The second kappa shape index (κ2) is 15.6. The molecular weight excluding hydrogens is 496 g/mol. The average molecular weight is 541 g/mol. The van der Waals surface area contributed by atoms with Gasteiger partial charge in [0.1, 0.15) is 43.2 Å². The van der Waals surface area contributed by atoms with Crippen LogP contribution in [-0.4, -0.2) is 121 Å². The molecule has 37 heavy (non-hydrogen) atoms. The Kier molecular flexibility index (Phi) is 13.6. The van der Waals surface area contributed by atoms with Crippen molar-refractivity contribution in [3.8, 4) is 0 Å². The Hall–Kier alpha value is -0.970. The highest BCUT2D eigenvalue weighted by atomic mass is 16.8. The molecule has 0 aromatic rings. The fraction of sp³-hybridized carbons (Fsp3) is 0.958. The minimum absolute atomic E-state index is 0.0380.